The molecule has 0 aliphatic carbocycles. The highest BCUT2D eigenvalue weighted by Crippen LogP contribution is 2.36. The van der Waals surface area contributed by atoms with Crippen molar-refractivity contribution in [1.82, 2.24) is 4.90 Å². The third kappa shape index (κ3) is 2.55. The first-order valence-electron chi connectivity index (χ1n) is 6.76. The molecule has 1 atom stereocenters. The molecule has 1 aromatic carbocycles. The number of hydrogen-bond acceptors (Lipinski definition) is 3. The number of morpholine rings is 1. The molecular formula is C14H17ClN2O3. The second-order valence-corrected chi connectivity index (χ2v) is 5.52. The van der Waals surface area contributed by atoms with Gasteiger partial charge >= 0.3 is 6.03 Å². The van der Waals surface area contributed by atoms with E-state index in [1.54, 1.807) is 11.0 Å². The number of rotatable bonds is 1. The molecule has 0 spiro atoms. The number of hydrogen-bond donors (Lipinski definition) is 1. The van der Waals surface area contributed by atoms with Crippen LogP contribution >= 0.6 is 11.6 Å². The third-order valence-corrected chi connectivity index (χ3v) is 3.84. The van der Waals surface area contributed by atoms with Gasteiger partial charge in [0.05, 0.1) is 31.5 Å². The molecule has 0 radical (unpaired) electrons. The van der Waals surface area contributed by atoms with Crippen LogP contribution in [0, 0.1) is 0 Å². The van der Waals surface area contributed by atoms with Crippen LogP contribution in [-0.2, 0) is 11.2 Å². The van der Waals surface area contributed by atoms with E-state index >= 15 is 0 Å². The number of ether oxygens (including phenoxy) is 2. The summed E-state index contributed by atoms with van der Waals surface area (Å²) in [5.74, 6) is 0.740. The van der Waals surface area contributed by atoms with Crippen LogP contribution in [0.25, 0.3) is 0 Å². The quantitative estimate of drug-likeness (QED) is 0.866. The van der Waals surface area contributed by atoms with Crippen molar-refractivity contribution in [2.45, 2.75) is 19.4 Å². The number of anilines is 1. The molecule has 1 fully saturated rings. The van der Waals surface area contributed by atoms with E-state index in [1.165, 1.54) is 0 Å². The highest BCUT2D eigenvalue weighted by atomic mass is 35.5. The molecule has 0 saturated carbocycles. The Morgan fingerprint density at radius 2 is 2.30 bits per heavy atom. The van der Waals surface area contributed by atoms with Gasteiger partial charge in [-0.05, 0) is 19.1 Å². The number of urea groups is 1. The van der Waals surface area contributed by atoms with Gasteiger partial charge in [-0.3, -0.25) is 0 Å². The zero-order valence-electron chi connectivity index (χ0n) is 11.3. The first-order valence-corrected chi connectivity index (χ1v) is 7.13. The molecule has 1 saturated heterocycles. The van der Waals surface area contributed by atoms with Crippen molar-refractivity contribution < 1.29 is 14.3 Å². The molecule has 20 heavy (non-hydrogen) atoms. The summed E-state index contributed by atoms with van der Waals surface area (Å²) >= 11 is 6.09. The summed E-state index contributed by atoms with van der Waals surface area (Å²) in [6.45, 7) is 4.33. The number of benzene rings is 1. The minimum absolute atomic E-state index is 0.0666. The van der Waals surface area contributed by atoms with Gasteiger partial charge in [-0.15, -0.1) is 0 Å². The summed E-state index contributed by atoms with van der Waals surface area (Å²) < 4.78 is 10.9. The molecule has 6 heteroatoms. The molecular weight excluding hydrogens is 280 g/mol. The minimum atomic E-state index is -0.138. The molecule has 0 unspecified atom stereocenters. The van der Waals surface area contributed by atoms with Gasteiger partial charge in [-0.2, -0.15) is 0 Å². The van der Waals surface area contributed by atoms with Crippen LogP contribution in [0.2, 0.25) is 5.02 Å². The molecule has 108 valence electrons. The van der Waals surface area contributed by atoms with Gasteiger partial charge in [0, 0.05) is 23.6 Å². The van der Waals surface area contributed by atoms with Crippen LogP contribution in [0.15, 0.2) is 12.1 Å². The van der Waals surface area contributed by atoms with E-state index in [9.17, 15) is 4.79 Å². The van der Waals surface area contributed by atoms with Crippen molar-refractivity contribution in [2.75, 3.05) is 31.7 Å². The lowest BCUT2D eigenvalue weighted by Gasteiger charge is -2.33. The van der Waals surface area contributed by atoms with E-state index in [-0.39, 0.29) is 12.1 Å². The maximum absolute atomic E-state index is 12.3. The van der Waals surface area contributed by atoms with Crippen molar-refractivity contribution >= 4 is 23.3 Å². The highest BCUT2D eigenvalue weighted by Gasteiger charge is 2.26. The van der Waals surface area contributed by atoms with E-state index in [2.05, 4.69) is 5.32 Å². The Hall–Kier alpha value is -1.46. The summed E-state index contributed by atoms with van der Waals surface area (Å²) in [6.07, 6.45) is 0.826. The molecule has 5 nitrogen and oxygen atoms in total. The van der Waals surface area contributed by atoms with Crippen molar-refractivity contribution in [3.05, 3.63) is 22.7 Å². The average Bonchev–Trinajstić information content (AvgIpc) is 2.87. The maximum Gasteiger partial charge on any atom is 0.322 e. The molecule has 0 aromatic heterocycles. The lowest BCUT2D eigenvalue weighted by atomic mass is 10.1. The first-order chi connectivity index (χ1) is 9.65. The summed E-state index contributed by atoms with van der Waals surface area (Å²) in [7, 11) is 0. The number of amides is 2. The van der Waals surface area contributed by atoms with Crippen LogP contribution in [0.3, 0.4) is 0 Å². The molecule has 2 aliphatic rings. The second-order valence-electron chi connectivity index (χ2n) is 5.09. The Morgan fingerprint density at radius 1 is 1.45 bits per heavy atom. The molecule has 2 amide bonds. The number of carbonyl (C=O) groups excluding carboxylic acids is 1. The Morgan fingerprint density at radius 3 is 3.10 bits per heavy atom. The minimum Gasteiger partial charge on any atom is -0.491 e. The topological polar surface area (TPSA) is 50.8 Å². The van der Waals surface area contributed by atoms with E-state index in [0.717, 1.165) is 17.7 Å². The fraction of sp³-hybridized carbons (Fsp3) is 0.500. The number of carbonyl (C=O) groups is 1. The lowest BCUT2D eigenvalue weighted by molar-refractivity contribution is 0.0221. The smallest absolute Gasteiger partial charge is 0.322 e. The fourth-order valence-corrected chi connectivity index (χ4v) is 2.82. The lowest BCUT2D eigenvalue weighted by Crippen LogP contribution is -2.48. The van der Waals surface area contributed by atoms with Gasteiger partial charge in [0.2, 0.25) is 0 Å². The summed E-state index contributed by atoms with van der Waals surface area (Å²) in [4.78, 5) is 14.1. The average molecular weight is 297 g/mol. The molecule has 1 N–H and O–H groups in total. The number of fused-ring (bicyclic) bond motifs is 1. The van der Waals surface area contributed by atoms with E-state index in [4.69, 9.17) is 21.1 Å². The van der Waals surface area contributed by atoms with Crippen LogP contribution in [0.5, 0.6) is 5.75 Å². The van der Waals surface area contributed by atoms with Crippen molar-refractivity contribution in [3.63, 3.8) is 0 Å². The first kappa shape index (κ1) is 13.5. The van der Waals surface area contributed by atoms with Crippen molar-refractivity contribution in [3.8, 4) is 5.75 Å². The Kier molecular flexibility index (Phi) is 3.72. The highest BCUT2D eigenvalue weighted by molar-refractivity contribution is 6.31. The van der Waals surface area contributed by atoms with Crippen LogP contribution in [-0.4, -0.2) is 43.3 Å². The van der Waals surface area contributed by atoms with Gasteiger partial charge in [-0.25, -0.2) is 4.79 Å². The number of halogens is 1. The SMILES string of the molecule is C[C@H]1COCCN1C(=O)Nc1cc(Cl)cc2c1OCC2. The fourth-order valence-electron chi connectivity index (χ4n) is 2.58. The Balaban J connectivity index is 1.79. The standard InChI is InChI=1S/C14H17ClN2O3/c1-9-8-19-5-3-17(9)14(18)16-12-7-11(15)6-10-2-4-20-13(10)12/h6-7,9H,2-5,8H2,1H3,(H,16,18)/t9-/m0/s1. The Bertz CT molecular complexity index is 535. The number of nitrogens with zero attached hydrogens (tertiary/aromatic N) is 1. The molecule has 2 heterocycles. The maximum atomic E-state index is 12.3. The van der Waals surface area contributed by atoms with Crippen molar-refractivity contribution in [2.24, 2.45) is 0 Å². The molecule has 3 rings (SSSR count). The third-order valence-electron chi connectivity index (χ3n) is 3.62. The van der Waals surface area contributed by atoms with Gasteiger partial charge < -0.3 is 19.7 Å². The monoisotopic (exact) mass is 296 g/mol. The van der Waals surface area contributed by atoms with Crippen LogP contribution in [0.1, 0.15) is 12.5 Å². The number of nitrogens with one attached hydrogen (secondary N) is 1. The zero-order chi connectivity index (χ0) is 14.1. The van der Waals surface area contributed by atoms with Gasteiger partial charge in [0.1, 0.15) is 5.75 Å². The molecule has 1 aromatic rings. The van der Waals surface area contributed by atoms with Gasteiger partial charge in [0.15, 0.2) is 0 Å². The summed E-state index contributed by atoms with van der Waals surface area (Å²) in [5, 5.41) is 3.52. The van der Waals surface area contributed by atoms with Crippen LogP contribution < -0.4 is 10.1 Å². The van der Waals surface area contributed by atoms with Gasteiger partial charge in [-0.1, -0.05) is 11.6 Å². The van der Waals surface area contributed by atoms with Crippen molar-refractivity contribution in [1.29, 1.82) is 0 Å². The second kappa shape index (κ2) is 5.50. The van der Waals surface area contributed by atoms with Crippen LogP contribution in [0.4, 0.5) is 10.5 Å². The summed E-state index contributed by atoms with van der Waals surface area (Å²) in [6, 6.07) is 3.55. The summed E-state index contributed by atoms with van der Waals surface area (Å²) in [5.41, 5.74) is 1.69. The van der Waals surface area contributed by atoms with Gasteiger partial charge in [0.25, 0.3) is 0 Å². The zero-order valence-corrected chi connectivity index (χ0v) is 12.1. The molecule has 0 bridgehead atoms. The normalized spacial score (nSPS) is 21.3. The Labute approximate surface area is 122 Å². The van der Waals surface area contributed by atoms with E-state index in [1.807, 2.05) is 13.0 Å². The van der Waals surface area contributed by atoms with E-state index in [0.29, 0.717) is 37.1 Å². The molecule has 2 aliphatic heterocycles. The largest absolute Gasteiger partial charge is 0.491 e. The predicted octanol–water partition coefficient (Wildman–Crippen LogP) is 2.53. The predicted molar refractivity (Wildman–Crippen MR) is 76.7 cm³/mol. The van der Waals surface area contributed by atoms with E-state index < -0.39 is 0 Å².